The van der Waals surface area contributed by atoms with E-state index in [0.717, 1.165) is 12.5 Å². The standard InChI is InChI=1S/C14H28O3Si/c1-10(2)13(11(3)4)17-18-9-7-8-16-14(15)12(5)6/h10-11,13H,5,7-9,18H2,1-4,6H3. The lowest BCUT2D eigenvalue weighted by atomic mass is 9.97. The third-order valence-electron chi connectivity index (χ3n) is 2.74. The molecule has 0 aliphatic heterocycles. The first kappa shape index (κ1) is 17.4. The predicted octanol–water partition coefficient (Wildman–Crippen LogP) is 2.70. The summed E-state index contributed by atoms with van der Waals surface area (Å²) in [4.78, 5) is 11.1. The molecule has 0 N–H and O–H groups in total. The van der Waals surface area contributed by atoms with Gasteiger partial charge in [-0.1, -0.05) is 34.3 Å². The molecule has 4 heteroatoms. The Hall–Kier alpha value is -0.613. The fourth-order valence-corrected chi connectivity index (χ4v) is 3.48. The van der Waals surface area contributed by atoms with E-state index in [0.29, 0.717) is 30.1 Å². The smallest absolute Gasteiger partial charge is 0.333 e. The molecule has 0 aromatic rings. The summed E-state index contributed by atoms with van der Waals surface area (Å²) in [5.41, 5.74) is 0.461. The van der Waals surface area contributed by atoms with Gasteiger partial charge in [0.1, 0.15) is 0 Å². The van der Waals surface area contributed by atoms with Crippen molar-refractivity contribution >= 4 is 15.7 Å². The highest BCUT2D eigenvalue weighted by molar-refractivity contribution is 6.27. The molecule has 0 atom stereocenters. The highest BCUT2D eigenvalue weighted by Gasteiger charge is 2.17. The Labute approximate surface area is 114 Å². The van der Waals surface area contributed by atoms with E-state index in [-0.39, 0.29) is 5.97 Å². The largest absolute Gasteiger partial charge is 0.462 e. The van der Waals surface area contributed by atoms with Crippen molar-refractivity contribution in [2.45, 2.75) is 53.2 Å². The van der Waals surface area contributed by atoms with Gasteiger partial charge in [0.2, 0.25) is 0 Å². The molecule has 0 bridgehead atoms. The Morgan fingerprint density at radius 1 is 1.22 bits per heavy atom. The summed E-state index contributed by atoms with van der Waals surface area (Å²) in [5, 5.41) is 0. The first-order chi connectivity index (χ1) is 8.36. The van der Waals surface area contributed by atoms with Gasteiger partial charge >= 0.3 is 5.97 Å². The van der Waals surface area contributed by atoms with Crippen molar-refractivity contribution in [1.29, 1.82) is 0 Å². The lowest BCUT2D eigenvalue weighted by Crippen LogP contribution is -2.27. The summed E-state index contributed by atoms with van der Waals surface area (Å²) in [5.74, 6) is 0.845. The van der Waals surface area contributed by atoms with Crippen molar-refractivity contribution in [3.63, 3.8) is 0 Å². The van der Waals surface area contributed by atoms with E-state index in [4.69, 9.17) is 9.16 Å². The van der Waals surface area contributed by atoms with Crippen molar-refractivity contribution in [1.82, 2.24) is 0 Å². The van der Waals surface area contributed by atoms with Crippen LogP contribution in [0.3, 0.4) is 0 Å². The van der Waals surface area contributed by atoms with Gasteiger partial charge in [-0.3, -0.25) is 0 Å². The molecule has 106 valence electrons. The molecule has 3 nitrogen and oxygen atoms in total. The molecule has 0 spiro atoms. The highest BCUT2D eigenvalue weighted by atomic mass is 28.2. The predicted molar refractivity (Wildman–Crippen MR) is 78.3 cm³/mol. The molecule has 0 radical (unpaired) electrons. The molecule has 0 rings (SSSR count). The van der Waals surface area contributed by atoms with Crippen LogP contribution in [0.4, 0.5) is 0 Å². The number of hydrogen-bond donors (Lipinski definition) is 0. The molecule has 0 aromatic heterocycles. The lowest BCUT2D eigenvalue weighted by molar-refractivity contribution is -0.138. The van der Waals surface area contributed by atoms with Crippen LogP contribution in [0.25, 0.3) is 0 Å². The second kappa shape index (κ2) is 9.33. The summed E-state index contributed by atoms with van der Waals surface area (Å²) in [7, 11) is -0.500. The molecule has 0 aromatic carbocycles. The van der Waals surface area contributed by atoms with Crippen LogP contribution in [0.1, 0.15) is 41.0 Å². The molecule has 0 fully saturated rings. The SMILES string of the molecule is C=C(C)C(=O)OCCC[SiH2]OC(C(C)C)C(C)C. The zero-order valence-electron chi connectivity index (χ0n) is 12.5. The van der Waals surface area contributed by atoms with Crippen molar-refractivity contribution in [3.05, 3.63) is 12.2 Å². The summed E-state index contributed by atoms with van der Waals surface area (Å²) in [6.45, 7) is 14.5. The van der Waals surface area contributed by atoms with Gasteiger partial charge in [-0.15, -0.1) is 0 Å². The summed E-state index contributed by atoms with van der Waals surface area (Å²) < 4.78 is 11.0. The fourth-order valence-electron chi connectivity index (χ4n) is 1.87. The first-order valence-corrected chi connectivity index (χ1v) is 8.38. The van der Waals surface area contributed by atoms with Crippen LogP contribution in [0, 0.1) is 11.8 Å². The third-order valence-corrected chi connectivity index (χ3v) is 4.15. The van der Waals surface area contributed by atoms with E-state index in [1.165, 1.54) is 0 Å². The van der Waals surface area contributed by atoms with E-state index >= 15 is 0 Å². The van der Waals surface area contributed by atoms with Gasteiger partial charge in [-0.05, 0) is 31.2 Å². The average Bonchev–Trinajstić information content (AvgIpc) is 2.26. The van der Waals surface area contributed by atoms with Gasteiger partial charge < -0.3 is 9.16 Å². The van der Waals surface area contributed by atoms with Gasteiger partial charge in [0, 0.05) is 11.7 Å². The summed E-state index contributed by atoms with van der Waals surface area (Å²) in [6, 6.07) is 1.05. The number of rotatable bonds is 9. The van der Waals surface area contributed by atoms with Gasteiger partial charge in [0.15, 0.2) is 9.76 Å². The summed E-state index contributed by atoms with van der Waals surface area (Å²) in [6.07, 6.45) is 1.27. The van der Waals surface area contributed by atoms with E-state index in [1.807, 2.05) is 0 Å². The van der Waals surface area contributed by atoms with Crippen LogP contribution in [-0.2, 0) is 14.0 Å². The Kier molecular flexibility index (Phi) is 9.02. The topological polar surface area (TPSA) is 35.5 Å². The molecule has 0 heterocycles. The normalized spacial score (nSPS) is 12.0. The van der Waals surface area contributed by atoms with Crippen LogP contribution in [0.5, 0.6) is 0 Å². The van der Waals surface area contributed by atoms with Crippen LogP contribution < -0.4 is 0 Å². The van der Waals surface area contributed by atoms with E-state index in [2.05, 4.69) is 34.3 Å². The number of hydrogen-bond acceptors (Lipinski definition) is 3. The Bertz CT molecular complexity index is 254. The Balaban J connectivity index is 3.61. The lowest BCUT2D eigenvalue weighted by Gasteiger charge is -2.25. The number of carbonyl (C=O) groups is 1. The quantitative estimate of drug-likeness (QED) is 0.280. The maximum absolute atomic E-state index is 11.1. The number of carbonyl (C=O) groups excluding carboxylic acids is 1. The number of esters is 1. The molecule has 0 aliphatic carbocycles. The van der Waals surface area contributed by atoms with Gasteiger partial charge in [-0.25, -0.2) is 4.79 Å². The third kappa shape index (κ3) is 7.66. The van der Waals surface area contributed by atoms with Crippen molar-refractivity contribution in [3.8, 4) is 0 Å². The van der Waals surface area contributed by atoms with Crippen LogP contribution in [0.15, 0.2) is 12.2 Å². The number of ether oxygens (including phenoxy) is 1. The molecule has 0 saturated heterocycles. The Morgan fingerprint density at radius 3 is 2.22 bits per heavy atom. The Morgan fingerprint density at radius 2 is 1.78 bits per heavy atom. The minimum absolute atomic E-state index is 0.292. The zero-order chi connectivity index (χ0) is 14.1. The first-order valence-electron chi connectivity index (χ1n) is 6.80. The second-order valence-electron chi connectivity index (χ2n) is 5.45. The molecule has 0 saturated carbocycles. The van der Waals surface area contributed by atoms with Gasteiger partial charge in [-0.2, -0.15) is 0 Å². The molecular formula is C14H28O3Si. The van der Waals surface area contributed by atoms with Crippen LogP contribution >= 0.6 is 0 Å². The summed E-state index contributed by atoms with van der Waals surface area (Å²) >= 11 is 0. The maximum atomic E-state index is 11.1. The van der Waals surface area contributed by atoms with Gasteiger partial charge in [0.25, 0.3) is 0 Å². The average molecular weight is 272 g/mol. The minimum atomic E-state index is -0.500. The fraction of sp³-hybridized carbons (Fsp3) is 0.786. The monoisotopic (exact) mass is 272 g/mol. The molecule has 0 amide bonds. The minimum Gasteiger partial charge on any atom is -0.462 e. The van der Waals surface area contributed by atoms with Crippen molar-refractivity contribution in [2.75, 3.05) is 6.61 Å². The van der Waals surface area contributed by atoms with Crippen LogP contribution in [-0.4, -0.2) is 28.4 Å². The van der Waals surface area contributed by atoms with Crippen molar-refractivity contribution < 1.29 is 14.0 Å². The maximum Gasteiger partial charge on any atom is 0.333 e. The van der Waals surface area contributed by atoms with Crippen LogP contribution in [0.2, 0.25) is 6.04 Å². The molecule has 0 unspecified atom stereocenters. The molecule has 0 aliphatic rings. The molecule has 18 heavy (non-hydrogen) atoms. The van der Waals surface area contributed by atoms with Crippen molar-refractivity contribution in [2.24, 2.45) is 11.8 Å². The zero-order valence-corrected chi connectivity index (χ0v) is 13.9. The highest BCUT2D eigenvalue weighted by Crippen LogP contribution is 2.15. The second-order valence-corrected chi connectivity index (χ2v) is 6.90. The van der Waals surface area contributed by atoms with Gasteiger partial charge in [0.05, 0.1) is 6.61 Å². The molecular weight excluding hydrogens is 244 g/mol. The van der Waals surface area contributed by atoms with E-state index in [9.17, 15) is 4.79 Å². The van der Waals surface area contributed by atoms with E-state index in [1.54, 1.807) is 6.92 Å². The van der Waals surface area contributed by atoms with E-state index < -0.39 is 9.76 Å².